The SMILES string of the molecule is O=C(Nc1ccc(-c2nnc3n2CCCCC3)cc1)c1cc(=O)[nH]c2ccccc12. The normalized spacial score (nSPS) is 13.6. The van der Waals surface area contributed by atoms with Gasteiger partial charge < -0.3 is 14.9 Å². The third-order valence-corrected chi connectivity index (χ3v) is 5.51. The van der Waals surface area contributed by atoms with Crippen molar-refractivity contribution in [3.05, 3.63) is 76.3 Å². The van der Waals surface area contributed by atoms with E-state index in [0.29, 0.717) is 22.2 Å². The number of aromatic amines is 1. The molecule has 0 radical (unpaired) electrons. The summed E-state index contributed by atoms with van der Waals surface area (Å²) in [5.41, 5.74) is 2.31. The van der Waals surface area contributed by atoms with Crippen molar-refractivity contribution in [2.75, 3.05) is 5.32 Å². The molecule has 1 aliphatic heterocycles. The molecule has 3 heterocycles. The Labute approximate surface area is 172 Å². The average molecular weight is 399 g/mol. The van der Waals surface area contributed by atoms with Crippen LogP contribution in [0.1, 0.15) is 35.4 Å². The Morgan fingerprint density at radius 3 is 2.70 bits per heavy atom. The molecular weight excluding hydrogens is 378 g/mol. The van der Waals surface area contributed by atoms with Gasteiger partial charge in [-0.3, -0.25) is 9.59 Å². The number of carbonyl (C=O) groups excluding carboxylic acids is 1. The molecule has 2 aromatic heterocycles. The topological polar surface area (TPSA) is 92.7 Å². The number of anilines is 1. The number of aryl methyl sites for hydroxylation is 1. The second kappa shape index (κ2) is 7.59. The summed E-state index contributed by atoms with van der Waals surface area (Å²) in [6, 6.07) is 16.2. The van der Waals surface area contributed by atoms with Crippen LogP contribution in [0.2, 0.25) is 0 Å². The Morgan fingerprint density at radius 2 is 1.83 bits per heavy atom. The predicted octanol–water partition coefficient (Wildman–Crippen LogP) is 3.77. The van der Waals surface area contributed by atoms with Gasteiger partial charge in [0.1, 0.15) is 5.82 Å². The average Bonchev–Trinajstić information content (AvgIpc) is 3.01. The second-order valence-electron chi connectivity index (χ2n) is 7.53. The molecule has 0 unspecified atom stereocenters. The highest BCUT2D eigenvalue weighted by Crippen LogP contribution is 2.24. The lowest BCUT2D eigenvalue weighted by molar-refractivity contribution is 0.102. The molecule has 4 aromatic rings. The lowest BCUT2D eigenvalue weighted by atomic mass is 10.1. The van der Waals surface area contributed by atoms with Crippen molar-refractivity contribution in [1.82, 2.24) is 19.7 Å². The summed E-state index contributed by atoms with van der Waals surface area (Å²) >= 11 is 0. The Kier molecular flexibility index (Phi) is 4.63. The minimum atomic E-state index is -0.318. The van der Waals surface area contributed by atoms with Crippen LogP contribution >= 0.6 is 0 Å². The van der Waals surface area contributed by atoms with Crippen LogP contribution in [-0.4, -0.2) is 25.7 Å². The standard InChI is InChI=1S/C23H21N5O2/c29-21-14-18(17-6-3-4-7-19(17)25-21)23(30)24-16-11-9-15(10-12-16)22-27-26-20-8-2-1-5-13-28(20)22/h3-4,6-7,9-12,14H,1-2,5,8,13H2,(H,24,30)(H,25,29). The number of amides is 1. The van der Waals surface area contributed by atoms with E-state index < -0.39 is 0 Å². The molecule has 0 saturated carbocycles. The zero-order chi connectivity index (χ0) is 20.5. The molecule has 2 aromatic carbocycles. The van der Waals surface area contributed by atoms with Crippen molar-refractivity contribution in [2.24, 2.45) is 0 Å². The van der Waals surface area contributed by atoms with Crippen LogP contribution in [0.3, 0.4) is 0 Å². The largest absolute Gasteiger partial charge is 0.322 e. The van der Waals surface area contributed by atoms with Gasteiger partial charge in [0.05, 0.1) is 5.56 Å². The molecule has 1 amide bonds. The number of aromatic nitrogens is 4. The van der Waals surface area contributed by atoms with Crippen LogP contribution < -0.4 is 10.9 Å². The molecule has 5 rings (SSSR count). The molecule has 0 atom stereocenters. The molecule has 7 nitrogen and oxygen atoms in total. The van der Waals surface area contributed by atoms with Crippen LogP contribution in [0.4, 0.5) is 5.69 Å². The van der Waals surface area contributed by atoms with E-state index in [0.717, 1.165) is 43.0 Å². The third-order valence-electron chi connectivity index (χ3n) is 5.51. The van der Waals surface area contributed by atoms with Crippen LogP contribution in [0.25, 0.3) is 22.3 Å². The van der Waals surface area contributed by atoms with Crippen molar-refractivity contribution < 1.29 is 4.79 Å². The first kappa shape index (κ1) is 18.3. The lowest BCUT2D eigenvalue weighted by Crippen LogP contribution is -2.16. The molecule has 150 valence electrons. The molecule has 0 saturated heterocycles. The fourth-order valence-corrected chi connectivity index (χ4v) is 3.99. The highest BCUT2D eigenvalue weighted by Gasteiger charge is 2.16. The summed E-state index contributed by atoms with van der Waals surface area (Å²) in [7, 11) is 0. The Morgan fingerprint density at radius 1 is 1.00 bits per heavy atom. The monoisotopic (exact) mass is 399 g/mol. The molecule has 0 aliphatic carbocycles. The third kappa shape index (κ3) is 3.39. The van der Waals surface area contributed by atoms with E-state index in [4.69, 9.17) is 0 Å². The highest BCUT2D eigenvalue weighted by atomic mass is 16.2. The van der Waals surface area contributed by atoms with E-state index in [1.54, 1.807) is 6.07 Å². The van der Waals surface area contributed by atoms with E-state index in [1.807, 2.05) is 42.5 Å². The molecule has 2 N–H and O–H groups in total. The maximum Gasteiger partial charge on any atom is 0.256 e. The van der Waals surface area contributed by atoms with E-state index in [2.05, 4.69) is 25.1 Å². The minimum absolute atomic E-state index is 0.304. The summed E-state index contributed by atoms with van der Waals surface area (Å²) in [5, 5.41) is 12.3. The number of carbonyl (C=O) groups is 1. The number of hydrogen-bond acceptors (Lipinski definition) is 4. The zero-order valence-electron chi connectivity index (χ0n) is 16.4. The highest BCUT2D eigenvalue weighted by molar-refractivity contribution is 6.12. The van der Waals surface area contributed by atoms with Crippen molar-refractivity contribution in [2.45, 2.75) is 32.2 Å². The fourth-order valence-electron chi connectivity index (χ4n) is 3.99. The van der Waals surface area contributed by atoms with Gasteiger partial charge in [-0.25, -0.2) is 0 Å². The Hall–Kier alpha value is -3.74. The van der Waals surface area contributed by atoms with E-state index in [9.17, 15) is 9.59 Å². The van der Waals surface area contributed by atoms with Crippen molar-refractivity contribution in [1.29, 1.82) is 0 Å². The number of pyridine rings is 1. The van der Waals surface area contributed by atoms with Crippen molar-refractivity contribution >= 4 is 22.5 Å². The number of fused-ring (bicyclic) bond motifs is 2. The number of H-pyrrole nitrogens is 1. The lowest BCUT2D eigenvalue weighted by Gasteiger charge is -2.10. The fraction of sp³-hybridized carbons (Fsp3) is 0.217. The van der Waals surface area contributed by atoms with Gasteiger partial charge in [0.15, 0.2) is 5.82 Å². The summed E-state index contributed by atoms with van der Waals surface area (Å²) in [6.07, 6.45) is 4.46. The van der Waals surface area contributed by atoms with Gasteiger partial charge in [-0.2, -0.15) is 0 Å². The van der Waals surface area contributed by atoms with E-state index >= 15 is 0 Å². The van der Waals surface area contributed by atoms with Gasteiger partial charge in [-0.1, -0.05) is 24.6 Å². The molecular formula is C23H21N5O2. The number of nitrogens with one attached hydrogen (secondary N) is 2. The van der Waals surface area contributed by atoms with Gasteiger partial charge in [-0.15, -0.1) is 10.2 Å². The number of para-hydroxylation sites is 1. The maximum absolute atomic E-state index is 12.8. The summed E-state index contributed by atoms with van der Waals surface area (Å²) in [5.74, 6) is 1.59. The van der Waals surface area contributed by atoms with Gasteiger partial charge in [0.25, 0.3) is 5.91 Å². The maximum atomic E-state index is 12.8. The van der Waals surface area contributed by atoms with E-state index in [1.165, 1.54) is 12.5 Å². The first-order chi connectivity index (χ1) is 14.7. The summed E-state index contributed by atoms with van der Waals surface area (Å²) in [4.78, 5) is 27.5. The van der Waals surface area contributed by atoms with Crippen molar-refractivity contribution in [3.63, 3.8) is 0 Å². The molecule has 0 bridgehead atoms. The van der Waals surface area contributed by atoms with Gasteiger partial charge in [-0.05, 0) is 43.2 Å². The van der Waals surface area contributed by atoms with Crippen molar-refractivity contribution in [3.8, 4) is 11.4 Å². The molecule has 0 fully saturated rings. The van der Waals surface area contributed by atoms with Gasteiger partial charge >= 0.3 is 0 Å². The first-order valence-electron chi connectivity index (χ1n) is 10.1. The number of nitrogens with zero attached hydrogens (tertiary/aromatic N) is 3. The van der Waals surface area contributed by atoms with Crippen LogP contribution in [0.5, 0.6) is 0 Å². The quantitative estimate of drug-likeness (QED) is 0.549. The molecule has 30 heavy (non-hydrogen) atoms. The van der Waals surface area contributed by atoms with Crippen LogP contribution in [-0.2, 0) is 13.0 Å². The smallest absolute Gasteiger partial charge is 0.256 e. The first-order valence-corrected chi connectivity index (χ1v) is 10.1. The van der Waals surface area contributed by atoms with Gasteiger partial charge in [0, 0.05) is 41.2 Å². The number of benzene rings is 2. The van der Waals surface area contributed by atoms with Crippen LogP contribution in [0, 0.1) is 0 Å². The second-order valence-corrected chi connectivity index (χ2v) is 7.53. The minimum Gasteiger partial charge on any atom is -0.322 e. The Bertz CT molecular complexity index is 1290. The molecule has 0 spiro atoms. The number of hydrogen-bond donors (Lipinski definition) is 2. The molecule has 7 heteroatoms. The summed E-state index contributed by atoms with van der Waals surface area (Å²) in [6.45, 7) is 0.936. The van der Waals surface area contributed by atoms with E-state index in [-0.39, 0.29) is 11.5 Å². The Balaban J connectivity index is 1.41. The predicted molar refractivity (Wildman–Crippen MR) is 116 cm³/mol. The molecule has 1 aliphatic rings. The summed E-state index contributed by atoms with van der Waals surface area (Å²) < 4.78 is 2.20. The van der Waals surface area contributed by atoms with Crippen LogP contribution in [0.15, 0.2) is 59.4 Å². The van der Waals surface area contributed by atoms with Gasteiger partial charge in [0.2, 0.25) is 5.56 Å². The zero-order valence-corrected chi connectivity index (χ0v) is 16.4. The number of rotatable bonds is 3.